The summed E-state index contributed by atoms with van der Waals surface area (Å²) in [5, 5.41) is 6.90. The summed E-state index contributed by atoms with van der Waals surface area (Å²) in [5.41, 5.74) is 2.00. The molecule has 0 spiro atoms. The van der Waals surface area contributed by atoms with Crippen LogP contribution in [0.25, 0.3) is 22.3 Å². The number of fused-ring (bicyclic) bond motifs is 1. The Kier molecular flexibility index (Phi) is 5.01. The van der Waals surface area contributed by atoms with Crippen LogP contribution in [0.5, 0.6) is 0 Å². The molecule has 1 saturated heterocycles. The number of piperidine rings is 1. The second-order valence-corrected chi connectivity index (χ2v) is 7.48. The fourth-order valence-electron chi connectivity index (χ4n) is 3.83. The lowest BCUT2D eigenvalue weighted by Crippen LogP contribution is -2.48. The Hall–Kier alpha value is -2.92. The molecule has 2 heterocycles. The minimum Gasteiger partial charge on any atom is -0.455 e. The van der Waals surface area contributed by atoms with Crippen LogP contribution in [-0.2, 0) is 0 Å². The van der Waals surface area contributed by atoms with Gasteiger partial charge in [-0.1, -0.05) is 43.3 Å². The molecule has 1 fully saturated rings. The van der Waals surface area contributed by atoms with Crippen LogP contribution in [0.3, 0.4) is 0 Å². The average molecular weight is 376 g/mol. The minimum absolute atomic E-state index is 0.106. The summed E-state index contributed by atoms with van der Waals surface area (Å²) < 4.78 is 6.15. The van der Waals surface area contributed by atoms with E-state index in [1.54, 1.807) is 25.1 Å². The van der Waals surface area contributed by atoms with Gasteiger partial charge in [-0.3, -0.25) is 9.59 Å². The average Bonchev–Trinajstić information content (AvgIpc) is 2.72. The fourth-order valence-corrected chi connectivity index (χ4v) is 3.83. The molecule has 0 bridgehead atoms. The number of para-hydroxylation sites is 1. The molecule has 0 radical (unpaired) electrons. The molecule has 5 nitrogen and oxygen atoms in total. The van der Waals surface area contributed by atoms with Crippen molar-refractivity contribution in [2.24, 2.45) is 5.92 Å². The number of rotatable bonds is 3. The third-order valence-corrected chi connectivity index (χ3v) is 5.53. The van der Waals surface area contributed by atoms with Gasteiger partial charge in [-0.05, 0) is 44.5 Å². The van der Waals surface area contributed by atoms with E-state index in [1.165, 1.54) is 0 Å². The first kappa shape index (κ1) is 18.4. The molecule has 1 amide bonds. The lowest BCUT2D eigenvalue weighted by molar-refractivity contribution is 0.0915. The van der Waals surface area contributed by atoms with Crippen LogP contribution in [0.4, 0.5) is 0 Å². The van der Waals surface area contributed by atoms with Crippen LogP contribution in [-0.4, -0.2) is 25.0 Å². The van der Waals surface area contributed by atoms with Gasteiger partial charge in [0.15, 0.2) is 11.0 Å². The second-order valence-electron chi connectivity index (χ2n) is 7.48. The van der Waals surface area contributed by atoms with Crippen molar-refractivity contribution < 1.29 is 9.21 Å². The van der Waals surface area contributed by atoms with Gasteiger partial charge in [-0.2, -0.15) is 0 Å². The van der Waals surface area contributed by atoms with E-state index in [0.29, 0.717) is 33.8 Å². The van der Waals surface area contributed by atoms with Crippen LogP contribution in [0.1, 0.15) is 29.3 Å². The van der Waals surface area contributed by atoms with Gasteiger partial charge < -0.3 is 15.1 Å². The largest absolute Gasteiger partial charge is 0.455 e. The zero-order chi connectivity index (χ0) is 19.7. The van der Waals surface area contributed by atoms with Crippen LogP contribution in [0.2, 0.25) is 0 Å². The Balaban J connectivity index is 1.80. The molecule has 2 N–H and O–H groups in total. The molecule has 2 unspecified atom stereocenters. The molecule has 1 aromatic heterocycles. The number of benzene rings is 2. The molecule has 144 valence electrons. The molecule has 28 heavy (non-hydrogen) atoms. The summed E-state index contributed by atoms with van der Waals surface area (Å²) in [6.45, 7) is 5.65. The van der Waals surface area contributed by atoms with Crippen molar-refractivity contribution in [1.82, 2.24) is 10.6 Å². The van der Waals surface area contributed by atoms with E-state index < -0.39 is 0 Å². The summed E-state index contributed by atoms with van der Waals surface area (Å²) in [7, 11) is 0. The van der Waals surface area contributed by atoms with Crippen molar-refractivity contribution in [2.45, 2.75) is 26.3 Å². The van der Waals surface area contributed by atoms with E-state index >= 15 is 0 Å². The lowest BCUT2D eigenvalue weighted by atomic mass is 9.95. The number of carbonyl (C=O) groups excluding carboxylic acids is 1. The van der Waals surface area contributed by atoms with Gasteiger partial charge in [0.2, 0.25) is 0 Å². The topological polar surface area (TPSA) is 71.3 Å². The standard InChI is InChI=1S/C23H24N2O3/c1-14-13-24-12-11-19(14)25-23(27)18-10-6-9-17-20(26)15(2)21(28-22(17)18)16-7-4-3-5-8-16/h3-10,14,19,24H,11-13H2,1-2H3,(H,25,27). The highest BCUT2D eigenvalue weighted by Gasteiger charge is 2.25. The quantitative estimate of drug-likeness (QED) is 0.734. The van der Waals surface area contributed by atoms with Gasteiger partial charge in [-0.15, -0.1) is 0 Å². The van der Waals surface area contributed by atoms with Gasteiger partial charge in [0.1, 0.15) is 5.76 Å². The summed E-state index contributed by atoms with van der Waals surface area (Å²) in [6, 6.07) is 14.8. The highest BCUT2D eigenvalue weighted by atomic mass is 16.3. The monoisotopic (exact) mass is 376 g/mol. The maximum absolute atomic E-state index is 13.0. The van der Waals surface area contributed by atoms with Gasteiger partial charge in [0, 0.05) is 17.2 Å². The normalized spacial score (nSPS) is 19.5. The third-order valence-electron chi connectivity index (χ3n) is 5.53. The smallest absolute Gasteiger partial charge is 0.255 e. The van der Waals surface area contributed by atoms with Gasteiger partial charge >= 0.3 is 0 Å². The van der Waals surface area contributed by atoms with Crippen molar-refractivity contribution in [3.63, 3.8) is 0 Å². The van der Waals surface area contributed by atoms with E-state index in [1.807, 2.05) is 30.3 Å². The number of carbonyl (C=O) groups is 1. The lowest BCUT2D eigenvalue weighted by Gasteiger charge is -2.30. The van der Waals surface area contributed by atoms with E-state index in [4.69, 9.17) is 4.42 Å². The summed E-state index contributed by atoms with van der Waals surface area (Å²) in [4.78, 5) is 26.0. The third kappa shape index (κ3) is 3.34. The number of hydrogen-bond acceptors (Lipinski definition) is 4. The zero-order valence-electron chi connectivity index (χ0n) is 16.1. The molecule has 4 rings (SSSR count). The Labute approximate surface area is 163 Å². The molecular formula is C23H24N2O3. The van der Waals surface area contributed by atoms with Crippen LogP contribution in [0.15, 0.2) is 57.7 Å². The summed E-state index contributed by atoms with van der Waals surface area (Å²) in [6.07, 6.45) is 0.885. The molecular weight excluding hydrogens is 352 g/mol. The first-order valence-electron chi connectivity index (χ1n) is 9.69. The summed E-state index contributed by atoms with van der Waals surface area (Å²) >= 11 is 0. The molecule has 5 heteroatoms. The molecule has 1 aliphatic rings. The minimum atomic E-state index is -0.199. The number of hydrogen-bond donors (Lipinski definition) is 2. The first-order valence-corrected chi connectivity index (χ1v) is 9.69. The molecule has 0 aliphatic carbocycles. The first-order chi connectivity index (χ1) is 13.6. The predicted molar refractivity (Wildman–Crippen MR) is 111 cm³/mol. The Morgan fingerprint density at radius 2 is 1.93 bits per heavy atom. The molecule has 0 saturated carbocycles. The maximum Gasteiger partial charge on any atom is 0.255 e. The van der Waals surface area contributed by atoms with Gasteiger partial charge in [0.05, 0.1) is 10.9 Å². The van der Waals surface area contributed by atoms with Crippen LogP contribution < -0.4 is 16.1 Å². The van der Waals surface area contributed by atoms with E-state index in [-0.39, 0.29) is 17.4 Å². The maximum atomic E-state index is 13.0. The van der Waals surface area contributed by atoms with Crippen molar-refractivity contribution in [2.75, 3.05) is 13.1 Å². The SMILES string of the molecule is Cc1c(-c2ccccc2)oc2c(C(=O)NC3CCNCC3C)cccc2c1=O. The molecule has 2 aromatic carbocycles. The van der Waals surface area contributed by atoms with Crippen LogP contribution in [0, 0.1) is 12.8 Å². The summed E-state index contributed by atoms with van der Waals surface area (Å²) in [5.74, 6) is 0.658. The van der Waals surface area contributed by atoms with Gasteiger partial charge in [0.25, 0.3) is 5.91 Å². The van der Waals surface area contributed by atoms with Crippen molar-refractivity contribution in [3.05, 3.63) is 69.9 Å². The predicted octanol–water partition coefficient (Wildman–Crippen LogP) is 3.50. The number of amides is 1. The second kappa shape index (κ2) is 7.60. The van der Waals surface area contributed by atoms with E-state index in [0.717, 1.165) is 25.1 Å². The van der Waals surface area contributed by atoms with E-state index in [2.05, 4.69) is 17.6 Å². The van der Waals surface area contributed by atoms with E-state index in [9.17, 15) is 9.59 Å². The van der Waals surface area contributed by atoms with Gasteiger partial charge in [-0.25, -0.2) is 0 Å². The number of nitrogens with one attached hydrogen (secondary N) is 2. The Bertz CT molecular complexity index is 1070. The zero-order valence-corrected chi connectivity index (χ0v) is 16.1. The molecule has 2 atom stereocenters. The Morgan fingerprint density at radius 1 is 1.14 bits per heavy atom. The van der Waals surface area contributed by atoms with Crippen LogP contribution >= 0.6 is 0 Å². The highest BCUT2D eigenvalue weighted by Crippen LogP contribution is 2.27. The van der Waals surface area contributed by atoms with Crippen molar-refractivity contribution >= 4 is 16.9 Å². The fraction of sp³-hybridized carbons (Fsp3) is 0.304. The molecule has 3 aromatic rings. The Morgan fingerprint density at radius 3 is 2.68 bits per heavy atom. The highest BCUT2D eigenvalue weighted by molar-refractivity contribution is 6.05. The molecule has 1 aliphatic heterocycles. The van der Waals surface area contributed by atoms with Crippen molar-refractivity contribution in [3.8, 4) is 11.3 Å². The van der Waals surface area contributed by atoms with Crippen molar-refractivity contribution in [1.29, 1.82) is 0 Å².